The number of benzene rings is 2. The quantitative estimate of drug-likeness (QED) is 0.326. The van der Waals surface area contributed by atoms with Gasteiger partial charge >= 0.3 is 5.97 Å². The Balaban J connectivity index is 1.71. The Morgan fingerprint density at radius 2 is 1.80 bits per heavy atom. The van der Waals surface area contributed by atoms with Gasteiger partial charge in [0.25, 0.3) is 0 Å². The maximum Gasteiger partial charge on any atom is 0.311 e. The molecule has 0 amide bonds. The monoisotopic (exact) mass is 533 g/mol. The van der Waals surface area contributed by atoms with Crippen LogP contribution in [-0.4, -0.2) is 21.9 Å². The minimum absolute atomic E-state index is 0.0222. The molecule has 0 aromatic heterocycles. The molecular weight excluding hydrogens is 514 g/mol. The Morgan fingerprint density at radius 1 is 1.13 bits per heavy atom. The molecule has 0 saturated heterocycles. The van der Waals surface area contributed by atoms with Crippen LogP contribution in [0.25, 0.3) is 0 Å². The Kier molecular flexibility index (Phi) is 6.99. The number of nitriles is 1. The highest BCUT2D eigenvalue weighted by Gasteiger charge is 2.66. The fourth-order valence-corrected chi connectivity index (χ4v) is 5.60. The van der Waals surface area contributed by atoms with Crippen LogP contribution in [0.3, 0.4) is 0 Å². The minimum atomic E-state index is -1.06. The molecule has 3 rings (SSSR count). The van der Waals surface area contributed by atoms with Crippen molar-refractivity contribution >= 4 is 43.6 Å². The van der Waals surface area contributed by atoms with Crippen LogP contribution < -0.4 is 4.74 Å². The molecule has 1 aliphatic carbocycles. The zero-order valence-corrected chi connectivity index (χ0v) is 19.7. The number of esters is 1. The summed E-state index contributed by atoms with van der Waals surface area (Å²) in [6.45, 7) is 3.85. The van der Waals surface area contributed by atoms with Crippen LogP contribution in [0.5, 0.6) is 11.5 Å². The smallest absolute Gasteiger partial charge is 0.311 e. The molecule has 0 aliphatic heterocycles. The van der Waals surface area contributed by atoms with Gasteiger partial charge in [-0.15, -0.1) is 0 Å². The number of para-hydroxylation sites is 1. The summed E-state index contributed by atoms with van der Waals surface area (Å²) < 4.78 is 11.3. The van der Waals surface area contributed by atoms with Crippen molar-refractivity contribution in [3.8, 4) is 17.6 Å². The average molecular weight is 535 g/mol. The largest absolute Gasteiger partial charge is 0.457 e. The van der Waals surface area contributed by atoms with Crippen LogP contribution in [-0.2, 0) is 14.3 Å². The van der Waals surface area contributed by atoms with Crippen molar-refractivity contribution in [2.75, 3.05) is 5.33 Å². The highest BCUT2D eigenvalue weighted by atomic mass is 79.9. The summed E-state index contributed by atoms with van der Waals surface area (Å²) in [7, 11) is 0. The molecule has 2 aromatic carbocycles. The van der Waals surface area contributed by atoms with Crippen molar-refractivity contribution in [3.05, 3.63) is 60.2 Å². The van der Waals surface area contributed by atoms with Crippen molar-refractivity contribution in [3.63, 3.8) is 0 Å². The van der Waals surface area contributed by atoms with Gasteiger partial charge in [-0.3, -0.25) is 9.59 Å². The van der Waals surface area contributed by atoms with Gasteiger partial charge in [0, 0.05) is 5.56 Å². The molecule has 4 atom stereocenters. The first-order valence-electron chi connectivity index (χ1n) is 9.45. The fourth-order valence-electron chi connectivity index (χ4n) is 3.67. The van der Waals surface area contributed by atoms with E-state index in [1.165, 1.54) is 0 Å². The molecular formula is C23H21Br2NO4. The number of hydrogen-bond acceptors (Lipinski definition) is 5. The second kappa shape index (κ2) is 9.32. The van der Waals surface area contributed by atoms with Gasteiger partial charge in [-0.05, 0) is 35.6 Å². The number of rotatable bonds is 8. The third-order valence-corrected chi connectivity index (χ3v) is 7.04. The van der Waals surface area contributed by atoms with E-state index in [0.717, 1.165) is 0 Å². The third-order valence-electron chi connectivity index (χ3n) is 5.41. The SMILES string of the molecule is CC1(C)[C@H](C(=O)OC(C#N)c2cccc(Oc3ccccc3)c2)[C@@H]1C(Br)C(=O)CBr. The summed E-state index contributed by atoms with van der Waals surface area (Å²) in [6, 6.07) is 18.2. The lowest BCUT2D eigenvalue weighted by molar-refractivity contribution is -0.149. The summed E-state index contributed by atoms with van der Waals surface area (Å²) in [5, 5.41) is 9.82. The predicted molar refractivity (Wildman–Crippen MR) is 120 cm³/mol. The second-order valence-electron chi connectivity index (χ2n) is 7.76. The van der Waals surface area contributed by atoms with E-state index in [2.05, 4.69) is 31.9 Å². The summed E-state index contributed by atoms with van der Waals surface area (Å²) in [6.07, 6.45) is -1.06. The Bertz CT molecular complexity index is 971. The van der Waals surface area contributed by atoms with E-state index in [9.17, 15) is 14.9 Å². The molecule has 0 spiro atoms. The Labute approximate surface area is 192 Å². The molecule has 0 N–H and O–H groups in total. The Morgan fingerprint density at radius 3 is 2.43 bits per heavy atom. The van der Waals surface area contributed by atoms with Crippen molar-refractivity contribution < 1.29 is 19.1 Å². The number of halogens is 2. The van der Waals surface area contributed by atoms with E-state index < -0.39 is 22.8 Å². The van der Waals surface area contributed by atoms with Gasteiger partial charge in [0.2, 0.25) is 6.10 Å². The highest BCUT2D eigenvalue weighted by molar-refractivity contribution is 9.10. The van der Waals surface area contributed by atoms with Gasteiger partial charge in [0.05, 0.1) is 16.1 Å². The zero-order chi connectivity index (χ0) is 21.9. The molecule has 30 heavy (non-hydrogen) atoms. The van der Waals surface area contributed by atoms with E-state index >= 15 is 0 Å². The van der Waals surface area contributed by atoms with Gasteiger partial charge in [-0.25, -0.2) is 0 Å². The number of carbonyl (C=O) groups excluding carboxylic acids is 2. The first-order chi connectivity index (χ1) is 14.3. The maximum atomic E-state index is 12.8. The first kappa shape index (κ1) is 22.5. The van der Waals surface area contributed by atoms with Crippen molar-refractivity contribution in [1.82, 2.24) is 0 Å². The van der Waals surface area contributed by atoms with E-state index in [1.54, 1.807) is 24.3 Å². The summed E-state index contributed by atoms with van der Waals surface area (Å²) in [5.41, 5.74) is 0.141. The molecule has 7 heteroatoms. The molecule has 156 valence electrons. The van der Waals surface area contributed by atoms with Crippen LogP contribution >= 0.6 is 31.9 Å². The standard InChI is InChI=1S/C23H21Br2NO4/c1-23(2)19(21(25)17(27)12-24)20(23)22(28)30-18(13-26)14-7-6-10-16(11-14)29-15-8-4-3-5-9-15/h3-11,18-21H,12H2,1-2H3/t18?,19-,20+,21?/m1/s1. The summed E-state index contributed by atoms with van der Waals surface area (Å²) >= 11 is 6.58. The van der Waals surface area contributed by atoms with Crippen LogP contribution in [0, 0.1) is 28.6 Å². The van der Waals surface area contributed by atoms with Gasteiger partial charge in [0.1, 0.15) is 17.6 Å². The average Bonchev–Trinajstić information content (AvgIpc) is 3.33. The molecule has 1 saturated carbocycles. The van der Waals surface area contributed by atoms with Gasteiger partial charge < -0.3 is 9.47 Å². The summed E-state index contributed by atoms with van der Waals surface area (Å²) in [4.78, 5) is 24.4. The molecule has 2 aromatic rings. The molecule has 2 unspecified atom stereocenters. The van der Waals surface area contributed by atoms with E-state index in [-0.39, 0.29) is 22.4 Å². The summed E-state index contributed by atoms with van der Waals surface area (Å²) in [5.74, 6) is 0.0842. The predicted octanol–water partition coefficient (Wildman–Crippen LogP) is 5.59. The lowest BCUT2D eigenvalue weighted by Crippen LogP contribution is -2.21. The van der Waals surface area contributed by atoms with Gasteiger partial charge in [-0.2, -0.15) is 5.26 Å². The molecule has 0 heterocycles. The highest BCUT2D eigenvalue weighted by Crippen LogP contribution is 2.62. The number of alkyl halides is 2. The lowest BCUT2D eigenvalue weighted by Gasteiger charge is -2.14. The molecule has 1 fully saturated rings. The lowest BCUT2D eigenvalue weighted by atomic mass is 10.1. The number of ether oxygens (including phenoxy) is 2. The zero-order valence-electron chi connectivity index (χ0n) is 16.5. The molecule has 5 nitrogen and oxygen atoms in total. The van der Waals surface area contributed by atoms with Gasteiger partial charge in [0.15, 0.2) is 5.78 Å². The van der Waals surface area contributed by atoms with E-state index in [1.807, 2.05) is 50.2 Å². The van der Waals surface area contributed by atoms with Crippen LogP contribution in [0.2, 0.25) is 0 Å². The number of Topliss-reactive ketones (excluding diaryl/α,β-unsaturated/α-hetero) is 1. The normalized spacial score (nSPS) is 21.0. The second-order valence-corrected chi connectivity index (χ2v) is 9.31. The first-order valence-corrected chi connectivity index (χ1v) is 11.5. The Hall–Kier alpha value is -2.17. The van der Waals surface area contributed by atoms with E-state index in [4.69, 9.17) is 9.47 Å². The van der Waals surface area contributed by atoms with E-state index in [0.29, 0.717) is 17.1 Å². The minimum Gasteiger partial charge on any atom is -0.457 e. The number of ketones is 1. The number of carbonyl (C=O) groups is 2. The molecule has 0 bridgehead atoms. The number of hydrogen-bond donors (Lipinski definition) is 0. The number of nitrogens with zero attached hydrogens (tertiary/aromatic N) is 1. The molecule has 1 aliphatic rings. The molecule has 0 radical (unpaired) electrons. The maximum absolute atomic E-state index is 12.8. The van der Waals surface area contributed by atoms with Crippen molar-refractivity contribution in [1.29, 1.82) is 5.26 Å². The third kappa shape index (κ3) is 4.76. The topological polar surface area (TPSA) is 76.4 Å². The van der Waals surface area contributed by atoms with Crippen molar-refractivity contribution in [2.45, 2.75) is 24.8 Å². The van der Waals surface area contributed by atoms with Gasteiger partial charge in [-0.1, -0.05) is 76.0 Å². The fraction of sp³-hybridized carbons (Fsp3) is 0.348. The van der Waals surface area contributed by atoms with Crippen LogP contribution in [0.1, 0.15) is 25.5 Å². The van der Waals surface area contributed by atoms with Crippen LogP contribution in [0.15, 0.2) is 54.6 Å². The van der Waals surface area contributed by atoms with Crippen molar-refractivity contribution in [2.24, 2.45) is 17.3 Å². The van der Waals surface area contributed by atoms with Crippen LogP contribution in [0.4, 0.5) is 0 Å².